The summed E-state index contributed by atoms with van der Waals surface area (Å²) in [6, 6.07) is 15.5. The summed E-state index contributed by atoms with van der Waals surface area (Å²) in [4.78, 5) is 28.9. The van der Waals surface area contributed by atoms with Gasteiger partial charge in [0, 0.05) is 22.9 Å². The maximum atomic E-state index is 13.3. The fourth-order valence-electron chi connectivity index (χ4n) is 3.26. The molecule has 0 fully saturated rings. The van der Waals surface area contributed by atoms with Crippen molar-refractivity contribution in [2.24, 2.45) is 0 Å². The Labute approximate surface area is 159 Å². The molecule has 3 aromatic rings. The van der Waals surface area contributed by atoms with Crippen molar-refractivity contribution in [2.45, 2.75) is 39.5 Å². The van der Waals surface area contributed by atoms with E-state index in [-0.39, 0.29) is 17.7 Å². The molecular weight excluding hydrogens is 338 g/mol. The molecule has 27 heavy (non-hydrogen) atoms. The van der Waals surface area contributed by atoms with Crippen molar-refractivity contribution < 1.29 is 9.53 Å². The molecule has 3 rings (SSSR count). The Bertz CT molecular complexity index is 990. The van der Waals surface area contributed by atoms with Gasteiger partial charge >= 0.3 is 5.97 Å². The fourth-order valence-corrected chi connectivity index (χ4v) is 3.26. The molecule has 0 bridgehead atoms. The molecule has 1 N–H and O–H groups in total. The number of fused-ring (bicyclic) bond motifs is 1. The van der Waals surface area contributed by atoms with Crippen LogP contribution in [0.3, 0.4) is 0 Å². The standard InChI is InChI=1S/C23H25NO3/c1-3-5-9-17-12-13-20-18(14-17)22(25)19(15-16-10-7-6-8-11-16)21(24-20)23(26)27-4-2/h6-8,10-14H,3-5,9,15H2,1-2H3,(H,24,25). The molecule has 0 radical (unpaired) electrons. The van der Waals surface area contributed by atoms with Crippen LogP contribution in [0.15, 0.2) is 53.3 Å². The number of hydrogen-bond acceptors (Lipinski definition) is 3. The Morgan fingerprint density at radius 3 is 2.52 bits per heavy atom. The molecule has 1 aromatic heterocycles. The molecule has 140 valence electrons. The predicted molar refractivity (Wildman–Crippen MR) is 108 cm³/mol. The fraction of sp³-hybridized carbons (Fsp3) is 0.304. The normalized spacial score (nSPS) is 10.9. The lowest BCUT2D eigenvalue weighted by Gasteiger charge is -2.12. The zero-order valence-electron chi connectivity index (χ0n) is 15.9. The van der Waals surface area contributed by atoms with Crippen LogP contribution >= 0.6 is 0 Å². The summed E-state index contributed by atoms with van der Waals surface area (Å²) in [6.07, 6.45) is 3.52. The summed E-state index contributed by atoms with van der Waals surface area (Å²) in [7, 11) is 0. The number of ether oxygens (including phenoxy) is 1. The highest BCUT2D eigenvalue weighted by molar-refractivity contribution is 5.93. The monoisotopic (exact) mass is 363 g/mol. The minimum atomic E-state index is -0.488. The lowest BCUT2D eigenvalue weighted by molar-refractivity contribution is 0.0518. The summed E-state index contributed by atoms with van der Waals surface area (Å²) in [5.74, 6) is -0.488. The first-order valence-corrected chi connectivity index (χ1v) is 9.52. The molecule has 1 heterocycles. The number of hydrogen-bond donors (Lipinski definition) is 1. The first-order chi connectivity index (χ1) is 13.1. The van der Waals surface area contributed by atoms with E-state index in [1.807, 2.05) is 48.5 Å². The number of aryl methyl sites for hydroxylation is 1. The van der Waals surface area contributed by atoms with E-state index in [0.29, 0.717) is 22.9 Å². The number of carbonyl (C=O) groups excluding carboxylic acids is 1. The van der Waals surface area contributed by atoms with Crippen molar-refractivity contribution in [3.8, 4) is 0 Å². The molecule has 0 amide bonds. The van der Waals surface area contributed by atoms with E-state index in [1.54, 1.807) is 6.92 Å². The van der Waals surface area contributed by atoms with Crippen LogP contribution in [0.25, 0.3) is 10.9 Å². The van der Waals surface area contributed by atoms with E-state index in [9.17, 15) is 9.59 Å². The van der Waals surface area contributed by atoms with Gasteiger partial charge in [-0.1, -0.05) is 49.7 Å². The lowest BCUT2D eigenvalue weighted by Crippen LogP contribution is -2.20. The Balaban J connectivity index is 2.14. The van der Waals surface area contributed by atoms with Gasteiger partial charge in [-0.25, -0.2) is 4.79 Å². The Morgan fingerprint density at radius 2 is 1.81 bits per heavy atom. The third kappa shape index (κ3) is 4.27. The number of carbonyl (C=O) groups is 1. The second-order valence-corrected chi connectivity index (χ2v) is 6.67. The summed E-state index contributed by atoms with van der Waals surface area (Å²) in [5.41, 5.74) is 3.40. The Hall–Kier alpha value is -2.88. The molecule has 0 unspecified atom stereocenters. The van der Waals surface area contributed by atoms with Crippen LogP contribution < -0.4 is 5.43 Å². The minimum Gasteiger partial charge on any atom is -0.461 e. The van der Waals surface area contributed by atoms with Crippen LogP contribution in [0.4, 0.5) is 0 Å². The maximum Gasteiger partial charge on any atom is 0.355 e. The molecule has 0 aliphatic heterocycles. The van der Waals surface area contributed by atoms with Crippen molar-refractivity contribution in [1.29, 1.82) is 0 Å². The molecule has 0 saturated carbocycles. The number of unbranched alkanes of at least 4 members (excludes halogenated alkanes) is 1. The van der Waals surface area contributed by atoms with Gasteiger partial charge in [0.05, 0.1) is 6.61 Å². The van der Waals surface area contributed by atoms with Crippen LogP contribution in [0.2, 0.25) is 0 Å². The van der Waals surface area contributed by atoms with E-state index >= 15 is 0 Å². The third-order valence-electron chi connectivity index (χ3n) is 4.69. The van der Waals surface area contributed by atoms with E-state index in [2.05, 4.69) is 11.9 Å². The number of rotatable bonds is 7. The first-order valence-electron chi connectivity index (χ1n) is 9.52. The SMILES string of the molecule is CCCCc1ccc2[nH]c(C(=O)OCC)c(Cc3ccccc3)c(=O)c2c1. The molecule has 0 spiro atoms. The molecule has 0 atom stereocenters. The summed E-state index contributed by atoms with van der Waals surface area (Å²) in [5, 5.41) is 0.627. The molecule has 4 heteroatoms. The van der Waals surface area contributed by atoms with Crippen LogP contribution in [0.1, 0.15) is 53.9 Å². The van der Waals surface area contributed by atoms with Crippen LogP contribution in [-0.4, -0.2) is 17.6 Å². The largest absolute Gasteiger partial charge is 0.461 e. The van der Waals surface area contributed by atoms with E-state index in [1.165, 1.54) is 0 Å². The van der Waals surface area contributed by atoms with Crippen molar-refractivity contribution in [2.75, 3.05) is 6.61 Å². The van der Waals surface area contributed by atoms with E-state index in [0.717, 1.165) is 30.4 Å². The van der Waals surface area contributed by atoms with Crippen LogP contribution in [-0.2, 0) is 17.6 Å². The Morgan fingerprint density at radius 1 is 1.04 bits per heavy atom. The second-order valence-electron chi connectivity index (χ2n) is 6.67. The van der Waals surface area contributed by atoms with Gasteiger partial charge < -0.3 is 9.72 Å². The zero-order chi connectivity index (χ0) is 19.2. The number of aromatic nitrogens is 1. The molecule has 0 saturated heterocycles. The van der Waals surface area contributed by atoms with Crippen molar-refractivity contribution >= 4 is 16.9 Å². The van der Waals surface area contributed by atoms with Crippen LogP contribution in [0, 0.1) is 0 Å². The number of esters is 1. The molecule has 0 aliphatic rings. The highest BCUT2D eigenvalue weighted by Gasteiger charge is 2.19. The molecule has 0 aliphatic carbocycles. The van der Waals surface area contributed by atoms with Gasteiger partial charge in [-0.05, 0) is 43.0 Å². The summed E-state index contributed by atoms with van der Waals surface area (Å²) in [6.45, 7) is 4.17. The number of nitrogens with one attached hydrogen (secondary N) is 1. The molecule has 4 nitrogen and oxygen atoms in total. The van der Waals surface area contributed by atoms with E-state index < -0.39 is 5.97 Å². The third-order valence-corrected chi connectivity index (χ3v) is 4.69. The number of H-pyrrole nitrogens is 1. The van der Waals surface area contributed by atoms with Gasteiger partial charge in [0.2, 0.25) is 0 Å². The topological polar surface area (TPSA) is 59.2 Å². The maximum absolute atomic E-state index is 13.3. The van der Waals surface area contributed by atoms with E-state index in [4.69, 9.17) is 4.74 Å². The van der Waals surface area contributed by atoms with Gasteiger partial charge in [0.15, 0.2) is 5.43 Å². The quantitative estimate of drug-likeness (QED) is 0.622. The van der Waals surface area contributed by atoms with Crippen molar-refractivity contribution in [1.82, 2.24) is 4.98 Å². The van der Waals surface area contributed by atoms with Gasteiger partial charge in [0.25, 0.3) is 0 Å². The smallest absolute Gasteiger partial charge is 0.355 e. The molecular formula is C23H25NO3. The number of benzene rings is 2. The van der Waals surface area contributed by atoms with Crippen molar-refractivity contribution in [3.05, 3.63) is 81.1 Å². The van der Waals surface area contributed by atoms with Crippen LogP contribution in [0.5, 0.6) is 0 Å². The number of aromatic amines is 1. The molecule has 2 aromatic carbocycles. The Kier molecular flexibility index (Phi) is 6.07. The second kappa shape index (κ2) is 8.67. The zero-order valence-corrected chi connectivity index (χ0v) is 15.9. The van der Waals surface area contributed by atoms with Gasteiger partial charge in [-0.2, -0.15) is 0 Å². The van der Waals surface area contributed by atoms with Gasteiger partial charge in [0.1, 0.15) is 5.69 Å². The van der Waals surface area contributed by atoms with Crippen molar-refractivity contribution in [3.63, 3.8) is 0 Å². The summed E-state index contributed by atoms with van der Waals surface area (Å²) >= 11 is 0. The van der Waals surface area contributed by atoms with Gasteiger partial charge in [-0.15, -0.1) is 0 Å². The predicted octanol–water partition coefficient (Wildman–Crippen LogP) is 4.64. The highest BCUT2D eigenvalue weighted by Crippen LogP contribution is 2.18. The average molecular weight is 363 g/mol. The minimum absolute atomic E-state index is 0.103. The number of pyridine rings is 1. The lowest BCUT2D eigenvalue weighted by atomic mass is 9.99. The average Bonchev–Trinajstić information content (AvgIpc) is 2.69. The highest BCUT2D eigenvalue weighted by atomic mass is 16.5. The van der Waals surface area contributed by atoms with Gasteiger partial charge in [-0.3, -0.25) is 4.79 Å². The first kappa shape index (κ1) is 18.9. The summed E-state index contributed by atoms with van der Waals surface area (Å²) < 4.78 is 5.18.